The average molecular weight is 196 g/mol. The molecule has 14 heavy (non-hydrogen) atoms. The van der Waals surface area contributed by atoms with Crippen LogP contribution in [0.4, 0.5) is 0 Å². The van der Waals surface area contributed by atoms with Crippen LogP contribution >= 0.6 is 0 Å². The highest BCUT2D eigenvalue weighted by Crippen LogP contribution is 2.31. The molecule has 3 heteroatoms. The Morgan fingerprint density at radius 1 is 1.43 bits per heavy atom. The van der Waals surface area contributed by atoms with E-state index < -0.39 is 0 Å². The Morgan fingerprint density at radius 3 is 2.86 bits per heavy atom. The minimum absolute atomic E-state index is 0.193. The highest BCUT2D eigenvalue weighted by molar-refractivity contribution is 5.85. The fraction of sp³-hybridized carbons (Fsp3) is 0.727. The molecule has 0 spiro atoms. The molecule has 0 bridgehead atoms. The maximum atomic E-state index is 10.8. The van der Waals surface area contributed by atoms with Gasteiger partial charge < -0.3 is 9.47 Å². The maximum Gasteiger partial charge on any atom is 0.331 e. The SMILES string of the molecule is CCCC1OC1CCC1=CC(=O)OC1. The van der Waals surface area contributed by atoms with Crippen molar-refractivity contribution in [2.75, 3.05) is 6.61 Å². The lowest BCUT2D eigenvalue weighted by Crippen LogP contribution is -1.96. The Labute approximate surface area is 84.1 Å². The third-order valence-corrected chi connectivity index (χ3v) is 2.73. The molecular weight excluding hydrogens is 180 g/mol. The lowest BCUT2D eigenvalue weighted by Gasteiger charge is -1.97. The monoisotopic (exact) mass is 196 g/mol. The summed E-state index contributed by atoms with van der Waals surface area (Å²) in [5, 5.41) is 0. The summed E-state index contributed by atoms with van der Waals surface area (Å²) in [7, 11) is 0. The van der Waals surface area contributed by atoms with Crippen molar-refractivity contribution < 1.29 is 14.3 Å². The van der Waals surface area contributed by atoms with Gasteiger partial charge in [-0.15, -0.1) is 0 Å². The molecule has 2 heterocycles. The van der Waals surface area contributed by atoms with Crippen molar-refractivity contribution in [2.24, 2.45) is 0 Å². The zero-order chi connectivity index (χ0) is 9.97. The van der Waals surface area contributed by atoms with Crippen LogP contribution in [0.25, 0.3) is 0 Å². The maximum absolute atomic E-state index is 10.8. The molecule has 3 nitrogen and oxygen atoms in total. The summed E-state index contributed by atoms with van der Waals surface area (Å²) in [6, 6.07) is 0. The molecule has 2 rings (SSSR count). The predicted octanol–water partition coefficient (Wildman–Crippen LogP) is 1.82. The van der Waals surface area contributed by atoms with E-state index in [-0.39, 0.29) is 5.97 Å². The van der Waals surface area contributed by atoms with E-state index in [1.807, 2.05) is 0 Å². The number of hydrogen-bond acceptors (Lipinski definition) is 3. The Hall–Kier alpha value is -0.830. The second-order valence-electron chi connectivity index (χ2n) is 3.95. The standard InChI is InChI=1S/C11H16O3/c1-2-3-9-10(14-9)5-4-8-6-11(12)13-7-8/h6,9-10H,2-5,7H2,1H3. The molecule has 2 unspecified atom stereocenters. The van der Waals surface area contributed by atoms with Gasteiger partial charge in [0.25, 0.3) is 0 Å². The summed E-state index contributed by atoms with van der Waals surface area (Å²) in [5.41, 5.74) is 1.11. The summed E-state index contributed by atoms with van der Waals surface area (Å²) < 4.78 is 10.3. The topological polar surface area (TPSA) is 38.8 Å². The van der Waals surface area contributed by atoms with Crippen LogP contribution in [-0.2, 0) is 14.3 Å². The first kappa shape index (κ1) is 9.71. The molecule has 2 atom stereocenters. The number of rotatable bonds is 5. The van der Waals surface area contributed by atoms with Crippen LogP contribution in [0, 0.1) is 0 Å². The zero-order valence-corrected chi connectivity index (χ0v) is 8.49. The van der Waals surface area contributed by atoms with Crippen LogP contribution in [0.3, 0.4) is 0 Å². The highest BCUT2D eigenvalue weighted by Gasteiger charge is 2.37. The van der Waals surface area contributed by atoms with Gasteiger partial charge in [-0.25, -0.2) is 4.79 Å². The number of esters is 1. The quantitative estimate of drug-likeness (QED) is 0.497. The molecule has 0 radical (unpaired) electrons. The van der Waals surface area contributed by atoms with Gasteiger partial charge in [-0.05, 0) is 24.8 Å². The molecule has 0 N–H and O–H groups in total. The Bertz CT molecular complexity index is 257. The molecule has 1 saturated heterocycles. The first-order valence-electron chi connectivity index (χ1n) is 5.31. The zero-order valence-electron chi connectivity index (χ0n) is 8.49. The van der Waals surface area contributed by atoms with Gasteiger partial charge in [-0.1, -0.05) is 13.3 Å². The number of ether oxygens (including phenoxy) is 2. The molecule has 1 fully saturated rings. The summed E-state index contributed by atoms with van der Waals surface area (Å²) in [5.74, 6) is -0.193. The fourth-order valence-corrected chi connectivity index (χ4v) is 1.86. The normalized spacial score (nSPS) is 30.1. The lowest BCUT2D eigenvalue weighted by molar-refractivity contribution is -0.134. The van der Waals surface area contributed by atoms with E-state index in [2.05, 4.69) is 6.92 Å². The molecule has 2 aliphatic heterocycles. The summed E-state index contributed by atoms with van der Waals surface area (Å²) in [6.45, 7) is 2.66. The summed E-state index contributed by atoms with van der Waals surface area (Å²) >= 11 is 0. The minimum Gasteiger partial charge on any atom is -0.458 e. The molecule has 2 aliphatic rings. The van der Waals surface area contributed by atoms with Crippen molar-refractivity contribution in [2.45, 2.75) is 44.8 Å². The molecule has 0 aromatic heterocycles. The van der Waals surface area contributed by atoms with Gasteiger partial charge in [0.15, 0.2) is 0 Å². The number of carbonyl (C=O) groups is 1. The lowest BCUT2D eigenvalue weighted by atomic mass is 10.1. The van der Waals surface area contributed by atoms with Gasteiger partial charge in [-0.2, -0.15) is 0 Å². The number of cyclic esters (lactones) is 1. The van der Waals surface area contributed by atoms with Gasteiger partial charge in [0.05, 0.1) is 12.2 Å². The van der Waals surface area contributed by atoms with Crippen LogP contribution < -0.4 is 0 Å². The van der Waals surface area contributed by atoms with Crippen LogP contribution in [-0.4, -0.2) is 24.8 Å². The van der Waals surface area contributed by atoms with Crippen molar-refractivity contribution in [3.05, 3.63) is 11.6 Å². The van der Waals surface area contributed by atoms with Gasteiger partial charge in [0.1, 0.15) is 6.61 Å². The van der Waals surface area contributed by atoms with E-state index in [9.17, 15) is 4.79 Å². The molecule has 0 aliphatic carbocycles. The van der Waals surface area contributed by atoms with E-state index in [4.69, 9.17) is 9.47 Å². The van der Waals surface area contributed by atoms with Crippen molar-refractivity contribution >= 4 is 5.97 Å². The third kappa shape index (κ3) is 2.35. The largest absolute Gasteiger partial charge is 0.458 e. The molecule has 0 amide bonds. The first-order chi connectivity index (χ1) is 6.79. The minimum atomic E-state index is -0.193. The van der Waals surface area contributed by atoms with E-state index in [1.165, 1.54) is 12.8 Å². The van der Waals surface area contributed by atoms with E-state index >= 15 is 0 Å². The van der Waals surface area contributed by atoms with E-state index in [0.717, 1.165) is 18.4 Å². The summed E-state index contributed by atoms with van der Waals surface area (Å²) in [6.07, 6.45) is 6.86. The molecule has 0 saturated carbocycles. The number of carbonyl (C=O) groups excluding carboxylic acids is 1. The van der Waals surface area contributed by atoms with Crippen molar-refractivity contribution in [3.8, 4) is 0 Å². The summed E-state index contributed by atoms with van der Waals surface area (Å²) in [4.78, 5) is 10.8. The van der Waals surface area contributed by atoms with E-state index in [0.29, 0.717) is 18.8 Å². The fourth-order valence-electron chi connectivity index (χ4n) is 1.86. The number of epoxide rings is 1. The van der Waals surface area contributed by atoms with Gasteiger partial charge in [-0.3, -0.25) is 0 Å². The third-order valence-electron chi connectivity index (χ3n) is 2.73. The molecular formula is C11H16O3. The average Bonchev–Trinajstić information content (AvgIpc) is 2.77. The van der Waals surface area contributed by atoms with Crippen molar-refractivity contribution in [1.82, 2.24) is 0 Å². The Balaban J connectivity index is 1.65. The van der Waals surface area contributed by atoms with Crippen LogP contribution in [0.5, 0.6) is 0 Å². The Morgan fingerprint density at radius 2 is 2.21 bits per heavy atom. The van der Waals surface area contributed by atoms with Gasteiger partial charge in [0, 0.05) is 6.08 Å². The number of hydrogen-bond donors (Lipinski definition) is 0. The second kappa shape index (κ2) is 4.13. The van der Waals surface area contributed by atoms with Crippen LogP contribution in [0.2, 0.25) is 0 Å². The van der Waals surface area contributed by atoms with Gasteiger partial charge in [0.2, 0.25) is 0 Å². The van der Waals surface area contributed by atoms with Crippen LogP contribution in [0.15, 0.2) is 11.6 Å². The second-order valence-corrected chi connectivity index (χ2v) is 3.95. The smallest absolute Gasteiger partial charge is 0.331 e. The Kier molecular flexibility index (Phi) is 2.87. The van der Waals surface area contributed by atoms with Crippen molar-refractivity contribution in [3.63, 3.8) is 0 Å². The van der Waals surface area contributed by atoms with Crippen LogP contribution in [0.1, 0.15) is 32.6 Å². The van der Waals surface area contributed by atoms with Gasteiger partial charge >= 0.3 is 5.97 Å². The van der Waals surface area contributed by atoms with Crippen molar-refractivity contribution in [1.29, 1.82) is 0 Å². The highest BCUT2D eigenvalue weighted by atomic mass is 16.6. The van der Waals surface area contributed by atoms with E-state index in [1.54, 1.807) is 6.08 Å². The predicted molar refractivity (Wildman–Crippen MR) is 51.8 cm³/mol. The molecule has 78 valence electrons. The molecule has 0 aromatic rings. The first-order valence-corrected chi connectivity index (χ1v) is 5.31. The molecule has 0 aromatic carbocycles.